The van der Waals surface area contributed by atoms with Gasteiger partial charge >= 0.3 is 6.09 Å². The Kier molecular flexibility index (Phi) is 9.83. The molecule has 0 bridgehead atoms. The molecule has 0 aliphatic carbocycles. The lowest BCUT2D eigenvalue weighted by Gasteiger charge is -2.19. The van der Waals surface area contributed by atoms with Gasteiger partial charge in [0.25, 0.3) is 15.9 Å². The highest BCUT2D eigenvalue weighted by molar-refractivity contribution is 7.92. The summed E-state index contributed by atoms with van der Waals surface area (Å²) in [5.74, 6) is 0.215. The number of hydrogen-bond acceptors (Lipinski definition) is 11. The molecule has 0 aliphatic heterocycles. The van der Waals surface area contributed by atoms with Crippen LogP contribution in [0.3, 0.4) is 0 Å². The quantitative estimate of drug-likeness (QED) is 0.203. The third-order valence-electron chi connectivity index (χ3n) is 5.73. The molecule has 2 aromatic heterocycles. The van der Waals surface area contributed by atoms with Crippen LogP contribution < -0.4 is 24.2 Å². The van der Waals surface area contributed by atoms with Gasteiger partial charge in [0, 0.05) is 18.5 Å². The third-order valence-corrected chi connectivity index (χ3v) is 7.40. The molecule has 0 atom stereocenters. The van der Waals surface area contributed by atoms with Crippen LogP contribution in [0.5, 0.6) is 23.1 Å². The van der Waals surface area contributed by atoms with Crippen molar-refractivity contribution in [2.24, 2.45) is 0 Å². The molecule has 0 aliphatic rings. The topological polar surface area (TPSA) is 164 Å². The van der Waals surface area contributed by atoms with Gasteiger partial charge in [0.05, 0.1) is 23.2 Å². The molecule has 0 saturated heterocycles. The second kappa shape index (κ2) is 13.5. The minimum Gasteiger partial charge on any atom is -0.497 e. The van der Waals surface area contributed by atoms with E-state index < -0.39 is 16.1 Å². The van der Waals surface area contributed by atoms with Crippen molar-refractivity contribution >= 4 is 39.4 Å². The number of aromatic nitrogens is 4. The molecule has 0 fully saturated rings. The second-order valence-corrected chi connectivity index (χ2v) is 11.9. The fourth-order valence-electron chi connectivity index (χ4n) is 3.52. The number of carbonyl (C=O) groups is 1. The fraction of sp³-hybridized carbons (Fsp3) is 0.250. The van der Waals surface area contributed by atoms with Gasteiger partial charge in [-0.3, -0.25) is 15.0 Å². The third kappa shape index (κ3) is 8.42. The summed E-state index contributed by atoms with van der Waals surface area (Å²) in [6.07, 6.45) is 4.54. The molecule has 0 unspecified atom stereocenters. The smallest absolute Gasteiger partial charge is 0.412 e. The SMILES string of the molecule is COc1ccc(Cl)c(Oc2c(NS(=O)(=O)c3ccc(C(C)(C)C)cc3)ncnc2OCCOC(=O)Nc2cnccn2)c1. The highest BCUT2D eigenvalue weighted by atomic mass is 35.5. The molecule has 2 N–H and O–H groups in total. The lowest BCUT2D eigenvalue weighted by molar-refractivity contribution is 0.135. The van der Waals surface area contributed by atoms with Crippen molar-refractivity contribution in [1.29, 1.82) is 0 Å². The zero-order valence-corrected chi connectivity index (χ0v) is 25.3. The van der Waals surface area contributed by atoms with Crippen molar-refractivity contribution in [3.8, 4) is 23.1 Å². The lowest BCUT2D eigenvalue weighted by Crippen LogP contribution is -2.19. The lowest BCUT2D eigenvalue weighted by atomic mass is 9.87. The minimum absolute atomic E-state index is 0.00876. The van der Waals surface area contributed by atoms with Gasteiger partial charge in [-0.15, -0.1) is 0 Å². The van der Waals surface area contributed by atoms with Gasteiger partial charge in [0.2, 0.25) is 5.75 Å². The van der Waals surface area contributed by atoms with Crippen molar-refractivity contribution < 1.29 is 32.2 Å². The van der Waals surface area contributed by atoms with Crippen LogP contribution in [0, 0.1) is 0 Å². The summed E-state index contributed by atoms with van der Waals surface area (Å²) in [6, 6.07) is 11.2. The first-order valence-corrected chi connectivity index (χ1v) is 14.6. The summed E-state index contributed by atoms with van der Waals surface area (Å²) in [5, 5.41) is 2.62. The van der Waals surface area contributed by atoms with Crippen molar-refractivity contribution in [3.05, 3.63) is 78.0 Å². The molecule has 4 rings (SSSR count). The van der Waals surface area contributed by atoms with E-state index in [1.165, 1.54) is 43.9 Å². The van der Waals surface area contributed by atoms with E-state index in [1.807, 2.05) is 20.8 Å². The van der Waals surface area contributed by atoms with Crippen LogP contribution in [-0.4, -0.2) is 54.8 Å². The van der Waals surface area contributed by atoms with E-state index in [0.29, 0.717) is 5.75 Å². The van der Waals surface area contributed by atoms with Crippen LogP contribution >= 0.6 is 11.6 Å². The summed E-state index contributed by atoms with van der Waals surface area (Å²) >= 11 is 6.34. The maximum Gasteiger partial charge on any atom is 0.412 e. The zero-order chi connectivity index (χ0) is 31.0. The molecule has 4 aromatic rings. The average molecular weight is 629 g/mol. The number of nitrogens with one attached hydrogen (secondary N) is 2. The van der Waals surface area contributed by atoms with Crippen LogP contribution in [0.1, 0.15) is 26.3 Å². The Morgan fingerprint density at radius 3 is 2.44 bits per heavy atom. The Labute approximate surface area is 253 Å². The molecule has 2 aromatic carbocycles. The molecule has 1 amide bonds. The number of rotatable bonds is 11. The predicted molar refractivity (Wildman–Crippen MR) is 159 cm³/mol. The van der Waals surface area contributed by atoms with Gasteiger partial charge in [0.15, 0.2) is 11.6 Å². The largest absolute Gasteiger partial charge is 0.497 e. The van der Waals surface area contributed by atoms with E-state index in [-0.39, 0.29) is 57.6 Å². The predicted octanol–water partition coefficient (Wildman–Crippen LogP) is 5.45. The van der Waals surface area contributed by atoms with Gasteiger partial charge in [-0.05, 0) is 35.2 Å². The van der Waals surface area contributed by atoms with Gasteiger partial charge in [0.1, 0.15) is 31.0 Å². The fourth-order valence-corrected chi connectivity index (χ4v) is 4.69. The monoisotopic (exact) mass is 628 g/mol. The van der Waals surface area contributed by atoms with Crippen molar-refractivity contribution in [3.63, 3.8) is 0 Å². The first-order chi connectivity index (χ1) is 20.5. The molecular formula is C28H29ClN6O7S. The van der Waals surface area contributed by atoms with Crippen molar-refractivity contribution in [2.45, 2.75) is 31.1 Å². The van der Waals surface area contributed by atoms with Crippen LogP contribution in [0.25, 0.3) is 0 Å². The minimum atomic E-state index is -4.12. The van der Waals surface area contributed by atoms with Gasteiger partial charge in [-0.2, -0.15) is 4.98 Å². The highest BCUT2D eigenvalue weighted by Crippen LogP contribution is 2.40. The number of halogens is 1. The molecule has 0 saturated carbocycles. The summed E-state index contributed by atoms with van der Waals surface area (Å²) in [5.41, 5.74) is 0.805. The number of anilines is 2. The summed E-state index contributed by atoms with van der Waals surface area (Å²) in [7, 11) is -2.65. The van der Waals surface area contributed by atoms with Gasteiger partial charge < -0.3 is 18.9 Å². The Bertz CT molecular complexity index is 1670. The van der Waals surface area contributed by atoms with E-state index in [4.69, 9.17) is 30.5 Å². The first-order valence-electron chi connectivity index (χ1n) is 12.8. The highest BCUT2D eigenvalue weighted by Gasteiger charge is 2.24. The van der Waals surface area contributed by atoms with Gasteiger partial charge in [-0.25, -0.2) is 23.2 Å². The number of methoxy groups -OCH3 is 1. The summed E-state index contributed by atoms with van der Waals surface area (Å²) in [6.45, 7) is 5.71. The van der Waals surface area contributed by atoms with E-state index in [9.17, 15) is 13.2 Å². The Morgan fingerprint density at radius 2 is 1.77 bits per heavy atom. The maximum absolute atomic E-state index is 13.3. The normalized spacial score (nSPS) is 11.4. The van der Waals surface area contributed by atoms with E-state index in [0.717, 1.165) is 11.9 Å². The molecule has 0 spiro atoms. The maximum atomic E-state index is 13.3. The summed E-state index contributed by atoms with van der Waals surface area (Å²) < 4.78 is 51.2. The number of benzene rings is 2. The van der Waals surface area contributed by atoms with Crippen LogP contribution in [0.15, 0.2) is 72.3 Å². The van der Waals surface area contributed by atoms with Crippen LogP contribution in [0.4, 0.5) is 16.4 Å². The Balaban J connectivity index is 1.57. The van der Waals surface area contributed by atoms with E-state index >= 15 is 0 Å². The molecule has 43 heavy (non-hydrogen) atoms. The molecule has 15 heteroatoms. The number of sulfonamides is 1. The number of hydrogen-bond donors (Lipinski definition) is 2. The van der Waals surface area contributed by atoms with Crippen LogP contribution in [0.2, 0.25) is 5.02 Å². The second-order valence-electron chi connectivity index (χ2n) is 9.83. The zero-order valence-electron chi connectivity index (χ0n) is 23.7. The number of amides is 1. The number of ether oxygens (including phenoxy) is 4. The van der Waals surface area contributed by atoms with E-state index in [1.54, 1.807) is 24.3 Å². The standard InChI is InChI=1S/C28H29ClN6O7S/c1-28(2,3)18-5-8-20(9-6-18)43(37,38)35-25-24(42-22-15-19(39-4)7-10-21(22)29)26(33-17-32-25)40-13-14-41-27(36)34-23-16-30-11-12-31-23/h5-12,15-17H,13-14H2,1-4H3,(H,31,34,36)(H,32,33,35). The van der Waals surface area contributed by atoms with Crippen LogP contribution in [-0.2, 0) is 20.2 Å². The number of nitrogens with zero attached hydrogens (tertiary/aromatic N) is 4. The molecular weight excluding hydrogens is 600 g/mol. The van der Waals surface area contributed by atoms with Crippen molar-refractivity contribution in [2.75, 3.05) is 30.4 Å². The first kappa shape index (κ1) is 31.3. The molecule has 2 heterocycles. The van der Waals surface area contributed by atoms with Gasteiger partial charge in [-0.1, -0.05) is 44.5 Å². The average Bonchev–Trinajstić information content (AvgIpc) is 2.97. The molecule has 0 radical (unpaired) electrons. The number of carbonyl (C=O) groups excluding carboxylic acids is 1. The Morgan fingerprint density at radius 1 is 1.00 bits per heavy atom. The Hall–Kier alpha value is -4.69. The molecule has 226 valence electrons. The van der Waals surface area contributed by atoms with Crippen molar-refractivity contribution in [1.82, 2.24) is 19.9 Å². The molecule has 13 nitrogen and oxygen atoms in total. The van der Waals surface area contributed by atoms with E-state index in [2.05, 4.69) is 30.0 Å². The summed E-state index contributed by atoms with van der Waals surface area (Å²) in [4.78, 5) is 28.0.